The first kappa shape index (κ1) is 25.5. The number of halogens is 2. The second-order valence-electron chi connectivity index (χ2n) is 9.38. The zero-order valence-electron chi connectivity index (χ0n) is 19.5. The van der Waals surface area contributed by atoms with Crippen molar-refractivity contribution in [3.63, 3.8) is 0 Å². The summed E-state index contributed by atoms with van der Waals surface area (Å²) in [5.41, 5.74) is 4.62. The fraction of sp³-hybridized carbons (Fsp3) is 0.500. The molecule has 1 aliphatic carbocycles. The van der Waals surface area contributed by atoms with Crippen molar-refractivity contribution in [2.45, 2.75) is 63.7 Å². The van der Waals surface area contributed by atoms with Gasteiger partial charge in [-0.1, -0.05) is 54.4 Å². The third-order valence-corrected chi connectivity index (χ3v) is 9.64. The highest BCUT2D eigenvalue weighted by atomic mass is 35.5. The molecule has 0 radical (unpaired) electrons. The third kappa shape index (κ3) is 5.96. The van der Waals surface area contributed by atoms with Crippen molar-refractivity contribution in [2.75, 3.05) is 13.1 Å². The zero-order chi connectivity index (χ0) is 24.3. The first-order valence-corrected chi connectivity index (χ1v) is 14.5. The molecule has 1 amide bonds. The Morgan fingerprint density at radius 3 is 2.41 bits per heavy atom. The van der Waals surface area contributed by atoms with Crippen molar-refractivity contribution in [3.8, 4) is 0 Å². The van der Waals surface area contributed by atoms with Gasteiger partial charge in [-0.15, -0.1) is 0 Å². The number of piperidine rings is 1. The summed E-state index contributed by atoms with van der Waals surface area (Å²) in [6.45, 7) is 2.78. The Morgan fingerprint density at radius 1 is 1.03 bits per heavy atom. The van der Waals surface area contributed by atoms with Crippen molar-refractivity contribution >= 4 is 39.1 Å². The number of carbonyl (C=O) groups is 1. The number of nitrogens with one attached hydrogen (secondary N) is 1. The van der Waals surface area contributed by atoms with Gasteiger partial charge < -0.3 is 5.32 Å². The average Bonchev–Trinajstić information content (AvgIpc) is 2.84. The van der Waals surface area contributed by atoms with E-state index in [1.165, 1.54) is 28.3 Å². The molecule has 4 rings (SSSR count). The molecule has 1 saturated heterocycles. The van der Waals surface area contributed by atoms with Crippen molar-refractivity contribution in [1.82, 2.24) is 9.62 Å². The molecule has 2 aromatic carbocycles. The molecule has 1 aliphatic heterocycles. The Morgan fingerprint density at radius 2 is 1.74 bits per heavy atom. The average molecular weight is 524 g/mol. The number of hydrogen-bond acceptors (Lipinski definition) is 3. The van der Waals surface area contributed by atoms with Crippen LogP contribution in [-0.2, 0) is 33.4 Å². The highest BCUT2D eigenvalue weighted by molar-refractivity contribution is 7.88. The van der Waals surface area contributed by atoms with Crippen LogP contribution >= 0.6 is 23.2 Å². The standard InChI is InChI=1S/C26H32Cl2N2O3S/c1-2-25(22-9-8-19-5-3-4-6-21(19)16-22)29-26(31)20-11-13-30(14-12-20)34(32,33)17-18-7-10-23(27)24(28)15-18/h7-10,15-16,20,25H,2-6,11-14,17H2,1H3,(H,29,31)/t25-/m1/s1. The van der Waals surface area contributed by atoms with Gasteiger partial charge in [0.15, 0.2) is 0 Å². The van der Waals surface area contributed by atoms with Crippen LogP contribution in [0, 0.1) is 5.92 Å². The molecule has 5 nitrogen and oxygen atoms in total. The van der Waals surface area contributed by atoms with E-state index in [1.807, 2.05) is 0 Å². The molecule has 184 valence electrons. The lowest BCUT2D eigenvalue weighted by atomic mass is 9.88. The van der Waals surface area contributed by atoms with E-state index in [-0.39, 0.29) is 23.6 Å². The van der Waals surface area contributed by atoms with Crippen LogP contribution in [0.3, 0.4) is 0 Å². The molecule has 1 fully saturated rings. The quantitative estimate of drug-likeness (QED) is 0.508. The summed E-state index contributed by atoms with van der Waals surface area (Å²) in [5, 5.41) is 3.97. The minimum absolute atomic E-state index is 0.0175. The van der Waals surface area contributed by atoms with E-state index < -0.39 is 10.0 Å². The van der Waals surface area contributed by atoms with Crippen LogP contribution in [-0.4, -0.2) is 31.7 Å². The van der Waals surface area contributed by atoms with Crippen molar-refractivity contribution in [2.24, 2.45) is 5.92 Å². The Balaban J connectivity index is 1.34. The normalized spacial score (nSPS) is 18.3. The summed E-state index contributed by atoms with van der Waals surface area (Å²) >= 11 is 12.0. The van der Waals surface area contributed by atoms with E-state index in [0.29, 0.717) is 41.5 Å². The number of aryl methyl sites for hydroxylation is 2. The van der Waals surface area contributed by atoms with Crippen LogP contribution in [0.5, 0.6) is 0 Å². The Bertz CT molecular complexity index is 1140. The van der Waals surface area contributed by atoms with Gasteiger partial charge in [-0.25, -0.2) is 12.7 Å². The Kier molecular flexibility index (Phi) is 8.24. The summed E-state index contributed by atoms with van der Waals surface area (Å²) in [5.74, 6) is -0.286. The molecule has 0 unspecified atom stereocenters. The second kappa shape index (κ2) is 11.0. The molecular weight excluding hydrogens is 491 g/mol. The molecule has 2 aromatic rings. The summed E-state index contributed by atoms with van der Waals surface area (Å²) in [6, 6.07) is 11.5. The van der Waals surface area contributed by atoms with Gasteiger partial charge in [0.2, 0.25) is 15.9 Å². The van der Waals surface area contributed by atoms with Crippen molar-refractivity contribution in [1.29, 1.82) is 0 Å². The molecule has 0 saturated carbocycles. The smallest absolute Gasteiger partial charge is 0.223 e. The van der Waals surface area contributed by atoms with Gasteiger partial charge in [-0.2, -0.15) is 0 Å². The van der Waals surface area contributed by atoms with Gasteiger partial charge in [-0.05, 0) is 79.3 Å². The predicted molar refractivity (Wildman–Crippen MR) is 138 cm³/mol. The number of carbonyl (C=O) groups excluding carboxylic acids is 1. The predicted octanol–water partition coefficient (Wildman–Crippen LogP) is 5.68. The molecule has 2 aliphatic rings. The highest BCUT2D eigenvalue weighted by Gasteiger charge is 2.32. The SMILES string of the molecule is CC[C@@H](NC(=O)C1CCN(S(=O)(=O)Cc2ccc(Cl)c(Cl)c2)CC1)c1ccc2c(c1)CCCC2. The minimum Gasteiger partial charge on any atom is -0.349 e. The van der Waals surface area contributed by atoms with E-state index in [4.69, 9.17) is 23.2 Å². The lowest BCUT2D eigenvalue weighted by Crippen LogP contribution is -2.44. The summed E-state index contributed by atoms with van der Waals surface area (Å²) in [7, 11) is -3.49. The maximum atomic E-state index is 13.0. The van der Waals surface area contributed by atoms with E-state index >= 15 is 0 Å². The third-order valence-electron chi connectivity index (χ3n) is 7.05. The fourth-order valence-electron chi connectivity index (χ4n) is 5.01. The molecular formula is C26H32Cl2N2O3S. The van der Waals surface area contributed by atoms with Gasteiger partial charge >= 0.3 is 0 Å². The van der Waals surface area contributed by atoms with Crippen molar-refractivity contribution < 1.29 is 13.2 Å². The number of benzene rings is 2. The van der Waals surface area contributed by atoms with Crippen LogP contribution in [0.2, 0.25) is 10.0 Å². The minimum atomic E-state index is -3.49. The number of nitrogens with zero attached hydrogens (tertiary/aromatic N) is 1. The first-order chi connectivity index (χ1) is 16.3. The van der Waals surface area contributed by atoms with Crippen LogP contribution < -0.4 is 5.32 Å². The number of sulfonamides is 1. The van der Waals surface area contributed by atoms with E-state index in [1.54, 1.807) is 18.2 Å². The maximum Gasteiger partial charge on any atom is 0.223 e. The molecule has 1 heterocycles. The van der Waals surface area contributed by atoms with Crippen LogP contribution in [0.15, 0.2) is 36.4 Å². The second-order valence-corrected chi connectivity index (χ2v) is 12.2. The van der Waals surface area contributed by atoms with E-state index in [9.17, 15) is 13.2 Å². The number of amides is 1. The monoisotopic (exact) mass is 522 g/mol. The Hall–Kier alpha value is -1.60. The lowest BCUT2D eigenvalue weighted by molar-refractivity contribution is -0.126. The topological polar surface area (TPSA) is 66.5 Å². The molecule has 0 bridgehead atoms. The van der Waals surface area contributed by atoms with Gasteiger partial charge in [0.1, 0.15) is 0 Å². The number of fused-ring (bicyclic) bond motifs is 1. The fourth-order valence-corrected chi connectivity index (χ4v) is 6.88. The summed E-state index contributed by atoms with van der Waals surface area (Å²) < 4.78 is 27.3. The molecule has 1 N–H and O–H groups in total. The van der Waals surface area contributed by atoms with Crippen LogP contribution in [0.1, 0.15) is 67.3 Å². The highest BCUT2D eigenvalue weighted by Crippen LogP contribution is 2.28. The largest absolute Gasteiger partial charge is 0.349 e. The van der Waals surface area contributed by atoms with E-state index in [0.717, 1.165) is 24.8 Å². The molecule has 1 atom stereocenters. The van der Waals surface area contributed by atoms with Gasteiger partial charge in [-0.3, -0.25) is 4.79 Å². The number of rotatable bonds is 7. The Labute approximate surface area is 212 Å². The summed E-state index contributed by atoms with van der Waals surface area (Å²) in [6.07, 6.45) is 6.60. The van der Waals surface area contributed by atoms with Gasteiger partial charge in [0.25, 0.3) is 0 Å². The van der Waals surface area contributed by atoms with E-state index in [2.05, 4.69) is 30.4 Å². The van der Waals surface area contributed by atoms with Gasteiger partial charge in [0, 0.05) is 19.0 Å². The van der Waals surface area contributed by atoms with Crippen molar-refractivity contribution in [3.05, 3.63) is 68.7 Å². The lowest BCUT2D eigenvalue weighted by Gasteiger charge is -2.31. The molecule has 34 heavy (non-hydrogen) atoms. The van der Waals surface area contributed by atoms with Crippen LogP contribution in [0.25, 0.3) is 0 Å². The zero-order valence-corrected chi connectivity index (χ0v) is 21.9. The van der Waals surface area contributed by atoms with Crippen LogP contribution in [0.4, 0.5) is 0 Å². The summed E-state index contributed by atoms with van der Waals surface area (Å²) in [4.78, 5) is 13.0. The molecule has 0 spiro atoms. The molecule has 0 aromatic heterocycles. The maximum absolute atomic E-state index is 13.0. The van der Waals surface area contributed by atoms with Gasteiger partial charge in [0.05, 0.1) is 21.8 Å². The number of hydrogen-bond donors (Lipinski definition) is 1. The first-order valence-electron chi connectivity index (χ1n) is 12.1. The molecule has 8 heteroatoms.